The normalized spacial score (nSPS) is 51.1. The van der Waals surface area contributed by atoms with Gasteiger partial charge in [-0.1, -0.05) is 0 Å². The quantitative estimate of drug-likeness (QED) is 0.780. The van der Waals surface area contributed by atoms with Gasteiger partial charge in [0.05, 0.1) is 0 Å². The molecule has 3 saturated heterocycles. The summed E-state index contributed by atoms with van der Waals surface area (Å²) in [6, 6.07) is 0.460. The van der Waals surface area contributed by atoms with Crippen LogP contribution in [0.5, 0.6) is 0 Å². The van der Waals surface area contributed by atoms with Crippen LogP contribution in [0.3, 0.4) is 0 Å². The van der Waals surface area contributed by atoms with E-state index in [1.165, 1.54) is 45.2 Å². The second-order valence-electron chi connectivity index (χ2n) is 6.68. The molecule has 3 unspecified atom stereocenters. The monoisotopic (exact) mass is 234 g/mol. The Morgan fingerprint density at radius 2 is 1.71 bits per heavy atom. The lowest BCUT2D eigenvalue weighted by Gasteiger charge is -2.45. The van der Waals surface area contributed by atoms with Gasteiger partial charge in [0.15, 0.2) is 0 Å². The lowest BCUT2D eigenvalue weighted by molar-refractivity contribution is -0.127. The minimum atomic E-state index is 0.356. The van der Waals surface area contributed by atoms with Crippen LogP contribution in [0.25, 0.3) is 0 Å². The lowest BCUT2D eigenvalue weighted by Crippen LogP contribution is -2.57. The number of nitrogens with one attached hydrogen (secondary N) is 1. The third kappa shape index (κ3) is 1.79. The van der Waals surface area contributed by atoms with Crippen LogP contribution in [0, 0.1) is 23.7 Å². The highest BCUT2D eigenvalue weighted by Crippen LogP contribution is 2.54. The van der Waals surface area contributed by atoms with Gasteiger partial charge < -0.3 is 10.2 Å². The molecule has 17 heavy (non-hydrogen) atoms. The van der Waals surface area contributed by atoms with Crippen LogP contribution < -0.4 is 5.32 Å². The van der Waals surface area contributed by atoms with Gasteiger partial charge in [0.1, 0.15) is 0 Å². The second kappa shape index (κ2) is 3.71. The summed E-state index contributed by atoms with van der Waals surface area (Å²) in [6.07, 6.45) is 6.35. The summed E-state index contributed by atoms with van der Waals surface area (Å²) < 4.78 is 0. The van der Waals surface area contributed by atoms with Crippen molar-refractivity contribution in [2.45, 2.75) is 38.1 Å². The maximum absolute atomic E-state index is 12.2. The summed E-state index contributed by atoms with van der Waals surface area (Å²) in [7, 11) is 0. The fourth-order valence-electron chi connectivity index (χ4n) is 4.36. The van der Waals surface area contributed by atoms with Crippen molar-refractivity contribution in [1.82, 2.24) is 10.2 Å². The average Bonchev–Trinajstić information content (AvgIpc) is 2.97. The van der Waals surface area contributed by atoms with E-state index in [1.54, 1.807) is 0 Å². The summed E-state index contributed by atoms with van der Waals surface area (Å²) in [4.78, 5) is 14.7. The maximum atomic E-state index is 12.2. The van der Waals surface area contributed by atoms with Crippen molar-refractivity contribution < 1.29 is 4.79 Å². The zero-order valence-corrected chi connectivity index (χ0v) is 10.4. The largest absolute Gasteiger partial charge is 0.352 e. The molecule has 5 rings (SSSR count). The lowest BCUT2D eigenvalue weighted by atomic mass is 9.83. The molecular formula is C14H22N2O. The Labute approximate surface area is 103 Å². The number of rotatable bonds is 2. The molecule has 3 aliphatic heterocycles. The molecule has 3 atom stereocenters. The molecule has 0 aromatic rings. The molecule has 5 fully saturated rings. The molecule has 0 aromatic carbocycles. The van der Waals surface area contributed by atoms with Crippen LogP contribution in [0.15, 0.2) is 0 Å². The number of piperidine rings is 3. The third-order valence-electron chi connectivity index (χ3n) is 5.60. The van der Waals surface area contributed by atoms with E-state index < -0.39 is 0 Å². The zero-order chi connectivity index (χ0) is 11.4. The predicted octanol–water partition coefficient (Wildman–Crippen LogP) is 1.24. The van der Waals surface area contributed by atoms with Crippen molar-refractivity contribution in [2.24, 2.45) is 23.7 Å². The van der Waals surface area contributed by atoms with E-state index in [0.717, 1.165) is 24.3 Å². The topological polar surface area (TPSA) is 32.3 Å². The first-order chi connectivity index (χ1) is 8.29. The van der Waals surface area contributed by atoms with Crippen molar-refractivity contribution in [3.63, 3.8) is 0 Å². The molecule has 5 aliphatic rings. The molecule has 1 N–H and O–H groups in total. The Kier molecular flexibility index (Phi) is 2.26. The van der Waals surface area contributed by atoms with E-state index in [2.05, 4.69) is 10.2 Å². The van der Waals surface area contributed by atoms with Gasteiger partial charge >= 0.3 is 0 Å². The van der Waals surface area contributed by atoms with Gasteiger partial charge in [-0.2, -0.15) is 0 Å². The minimum Gasteiger partial charge on any atom is -0.352 e. The van der Waals surface area contributed by atoms with Crippen molar-refractivity contribution in [3.05, 3.63) is 0 Å². The van der Waals surface area contributed by atoms with E-state index in [9.17, 15) is 4.79 Å². The van der Waals surface area contributed by atoms with E-state index >= 15 is 0 Å². The highest BCUT2D eigenvalue weighted by atomic mass is 16.2. The smallest absolute Gasteiger partial charge is 0.223 e. The molecule has 2 bridgehead atoms. The number of amides is 1. The molecule has 0 aromatic heterocycles. The van der Waals surface area contributed by atoms with Gasteiger partial charge in [0, 0.05) is 18.5 Å². The number of carbonyl (C=O) groups is 1. The molecule has 2 saturated carbocycles. The van der Waals surface area contributed by atoms with Gasteiger partial charge in [-0.25, -0.2) is 0 Å². The van der Waals surface area contributed by atoms with Gasteiger partial charge in [0.2, 0.25) is 5.91 Å². The van der Waals surface area contributed by atoms with Crippen LogP contribution >= 0.6 is 0 Å². The fraction of sp³-hybridized carbons (Fsp3) is 0.929. The summed E-state index contributed by atoms with van der Waals surface area (Å²) in [5.74, 6) is 3.32. The molecule has 2 aliphatic carbocycles. The number of hydrogen-bond acceptors (Lipinski definition) is 2. The third-order valence-corrected chi connectivity index (χ3v) is 5.60. The van der Waals surface area contributed by atoms with Crippen LogP contribution in [-0.2, 0) is 4.79 Å². The highest BCUT2D eigenvalue weighted by molar-refractivity contribution is 5.79. The first-order valence-corrected chi connectivity index (χ1v) is 7.32. The first-order valence-electron chi connectivity index (χ1n) is 7.32. The average molecular weight is 234 g/mol. The molecule has 1 amide bonds. The molecule has 0 spiro atoms. The number of fused-ring (bicyclic) bond motifs is 4. The molecule has 3 nitrogen and oxygen atoms in total. The van der Waals surface area contributed by atoms with Crippen molar-refractivity contribution in [1.29, 1.82) is 0 Å². The van der Waals surface area contributed by atoms with E-state index in [0.29, 0.717) is 17.9 Å². The molecule has 0 radical (unpaired) electrons. The summed E-state index contributed by atoms with van der Waals surface area (Å²) >= 11 is 0. The number of nitrogens with zero attached hydrogens (tertiary/aromatic N) is 1. The molecular weight excluding hydrogens is 212 g/mol. The fourth-order valence-corrected chi connectivity index (χ4v) is 4.36. The number of carbonyl (C=O) groups excluding carboxylic acids is 1. The van der Waals surface area contributed by atoms with Crippen molar-refractivity contribution >= 4 is 5.91 Å². The summed E-state index contributed by atoms with van der Waals surface area (Å²) in [5.41, 5.74) is 0. The second-order valence-corrected chi connectivity index (χ2v) is 6.68. The Morgan fingerprint density at radius 3 is 2.29 bits per heavy atom. The Hall–Kier alpha value is -0.570. The van der Waals surface area contributed by atoms with E-state index in [1.807, 2.05) is 0 Å². The maximum Gasteiger partial charge on any atom is 0.223 e. The summed E-state index contributed by atoms with van der Waals surface area (Å²) in [5, 5.41) is 3.35. The van der Waals surface area contributed by atoms with Crippen LogP contribution in [-0.4, -0.2) is 36.5 Å². The van der Waals surface area contributed by atoms with Gasteiger partial charge in [-0.05, 0) is 62.9 Å². The van der Waals surface area contributed by atoms with E-state index in [-0.39, 0.29) is 0 Å². The Balaban J connectivity index is 1.35. The predicted molar refractivity (Wildman–Crippen MR) is 65.4 cm³/mol. The van der Waals surface area contributed by atoms with Crippen molar-refractivity contribution in [2.75, 3.05) is 19.6 Å². The van der Waals surface area contributed by atoms with Crippen molar-refractivity contribution in [3.8, 4) is 0 Å². The summed E-state index contributed by atoms with van der Waals surface area (Å²) in [6.45, 7) is 3.62. The number of hydrogen-bond donors (Lipinski definition) is 1. The molecule has 3 heteroatoms. The van der Waals surface area contributed by atoms with Gasteiger partial charge in [-0.15, -0.1) is 0 Å². The molecule has 94 valence electrons. The first kappa shape index (κ1) is 10.4. The zero-order valence-electron chi connectivity index (χ0n) is 10.4. The standard InChI is InChI=1S/C14H22N2O/c17-14(12-6-10-5-11(10)7-12)15-13-8-16-3-1-9(13)2-4-16/h9-13H,1-8H2,(H,15,17). The highest BCUT2D eigenvalue weighted by Gasteiger charge is 2.48. The minimum absolute atomic E-state index is 0.356. The molecule has 3 heterocycles. The Morgan fingerprint density at radius 1 is 1.00 bits per heavy atom. The Bertz CT molecular complexity index is 325. The van der Waals surface area contributed by atoms with Crippen LogP contribution in [0.2, 0.25) is 0 Å². The van der Waals surface area contributed by atoms with Gasteiger partial charge in [-0.3, -0.25) is 4.79 Å². The van der Waals surface area contributed by atoms with Gasteiger partial charge in [0.25, 0.3) is 0 Å². The van der Waals surface area contributed by atoms with E-state index in [4.69, 9.17) is 0 Å². The van der Waals surface area contributed by atoms with Crippen LogP contribution in [0.1, 0.15) is 32.1 Å². The SMILES string of the molecule is O=C(NC1CN2CCC1CC2)C1CC2CC2C1. The van der Waals surface area contributed by atoms with Crippen LogP contribution in [0.4, 0.5) is 0 Å².